The van der Waals surface area contributed by atoms with E-state index in [1.807, 2.05) is 31.2 Å². The fraction of sp³-hybridized carbons (Fsp3) is 0.333. The lowest BCUT2D eigenvalue weighted by atomic mass is 10.0. The van der Waals surface area contributed by atoms with Crippen LogP contribution in [0.4, 0.5) is 0 Å². The highest BCUT2D eigenvalue weighted by molar-refractivity contribution is 5.95. The maximum absolute atomic E-state index is 12.6. The van der Waals surface area contributed by atoms with E-state index in [9.17, 15) is 14.7 Å². The molecule has 0 saturated carbocycles. The third-order valence-corrected chi connectivity index (χ3v) is 4.39. The molecule has 1 aliphatic rings. The third-order valence-electron chi connectivity index (χ3n) is 4.39. The molecule has 0 fully saturated rings. The average Bonchev–Trinajstić information content (AvgIpc) is 2.93. The Kier molecular flexibility index (Phi) is 4.29. The lowest BCUT2D eigenvalue weighted by Crippen LogP contribution is -2.29. The second kappa shape index (κ2) is 6.39. The van der Waals surface area contributed by atoms with Crippen molar-refractivity contribution in [2.24, 2.45) is 0 Å². The normalized spacial score (nSPS) is 18.9. The molecule has 0 aliphatic heterocycles. The molecule has 124 valence electrons. The van der Waals surface area contributed by atoms with Gasteiger partial charge >= 0.3 is 5.97 Å². The summed E-state index contributed by atoms with van der Waals surface area (Å²) < 4.78 is 0. The van der Waals surface area contributed by atoms with Crippen molar-refractivity contribution >= 4 is 11.9 Å². The molecule has 0 saturated heterocycles. The number of carboxylic acid groups (broad SMARTS) is 1. The Morgan fingerprint density at radius 3 is 2.67 bits per heavy atom. The number of amides is 1. The summed E-state index contributed by atoms with van der Waals surface area (Å²) in [7, 11) is 0. The number of rotatable bonds is 4. The molecule has 2 aromatic rings. The van der Waals surface area contributed by atoms with Crippen LogP contribution in [0.3, 0.4) is 0 Å². The molecule has 1 amide bonds. The topological polar surface area (TPSA) is 92.2 Å². The largest absolute Gasteiger partial charge is 0.481 e. The van der Waals surface area contributed by atoms with Crippen LogP contribution < -0.4 is 5.32 Å². The third kappa shape index (κ3) is 2.87. The summed E-state index contributed by atoms with van der Waals surface area (Å²) in [5.41, 5.74) is 2.77. The first kappa shape index (κ1) is 16.1. The Morgan fingerprint density at radius 2 is 2.00 bits per heavy atom. The number of carbonyl (C=O) groups excluding carboxylic acids is 1. The van der Waals surface area contributed by atoms with Gasteiger partial charge < -0.3 is 10.4 Å². The minimum atomic E-state index is -0.868. The van der Waals surface area contributed by atoms with Crippen LogP contribution in [-0.2, 0) is 11.2 Å². The Bertz CT molecular complexity index is 804. The molecule has 2 unspecified atom stereocenters. The fourth-order valence-electron chi connectivity index (χ4n) is 3.22. The SMILES string of the molecule is CCc1nc(C)ncc1C(=O)NC1CC(C(=O)O)c2ccccc21. The Morgan fingerprint density at radius 1 is 1.29 bits per heavy atom. The first-order valence-corrected chi connectivity index (χ1v) is 7.96. The molecule has 2 N–H and O–H groups in total. The number of benzene rings is 1. The molecule has 6 nitrogen and oxygen atoms in total. The molecular formula is C18H19N3O3. The van der Waals surface area contributed by atoms with Crippen molar-refractivity contribution < 1.29 is 14.7 Å². The van der Waals surface area contributed by atoms with Gasteiger partial charge in [0.05, 0.1) is 23.2 Å². The first-order chi connectivity index (χ1) is 11.5. The number of nitrogens with one attached hydrogen (secondary N) is 1. The van der Waals surface area contributed by atoms with Crippen molar-refractivity contribution in [3.63, 3.8) is 0 Å². The number of aryl methyl sites for hydroxylation is 2. The number of carboxylic acids is 1. The molecule has 1 heterocycles. The van der Waals surface area contributed by atoms with Crippen molar-refractivity contribution in [3.05, 3.63) is 58.7 Å². The van der Waals surface area contributed by atoms with Crippen LogP contribution in [0.15, 0.2) is 30.5 Å². The Labute approximate surface area is 140 Å². The van der Waals surface area contributed by atoms with E-state index < -0.39 is 11.9 Å². The van der Waals surface area contributed by atoms with Crippen molar-refractivity contribution in [3.8, 4) is 0 Å². The number of aliphatic carboxylic acids is 1. The Hall–Kier alpha value is -2.76. The van der Waals surface area contributed by atoms with E-state index in [-0.39, 0.29) is 11.9 Å². The number of nitrogens with zero attached hydrogens (tertiary/aromatic N) is 2. The molecule has 6 heteroatoms. The summed E-state index contributed by atoms with van der Waals surface area (Å²) in [5.74, 6) is -1.10. The van der Waals surface area contributed by atoms with Crippen molar-refractivity contribution in [1.29, 1.82) is 0 Å². The molecule has 1 aromatic carbocycles. The quantitative estimate of drug-likeness (QED) is 0.900. The number of hydrogen-bond acceptors (Lipinski definition) is 4. The lowest BCUT2D eigenvalue weighted by molar-refractivity contribution is -0.138. The monoisotopic (exact) mass is 325 g/mol. The second-order valence-corrected chi connectivity index (χ2v) is 5.91. The van der Waals surface area contributed by atoms with Crippen LogP contribution in [0, 0.1) is 6.92 Å². The highest BCUT2D eigenvalue weighted by Crippen LogP contribution is 2.40. The average molecular weight is 325 g/mol. The standard InChI is InChI=1S/C18H19N3O3/c1-3-15-14(9-19-10(2)20-15)17(22)21-16-8-13(18(23)24)11-6-4-5-7-12(11)16/h4-7,9,13,16H,3,8H2,1-2H3,(H,21,22)(H,23,24). The molecular weight excluding hydrogens is 306 g/mol. The van der Waals surface area contributed by atoms with Crippen molar-refractivity contribution in [2.45, 2.75) is 38.6 Å². The predicted molar refractivity (Wildman–Crippen MR) is 87.8 cm³/mol. The molecule has 1 aliphatic carbocycles. The Balaban J connectivity index is 1.87. The summed E-state index contributed by atoms with van der Waals surface area (Å²) in [4.78, 5) is 32.5. The maximum Gasteiger partial charge on any atom is 0.311 e. The molecule has 24 heavy (non-hydrogen) atoms. The molecule has 2 atom stereocenters. The van der Waals surface area contributed by atoms with Crippen LogP contribution in [0.2, 0.25) is 0 Å². The van der Waals surface area contributed by atoms with Gasteiger partial charge in [0, 0.05) is 6.20 Å². The van der Waals surface area contributed by atoms with Crippen LogP contribution in [0.1, 0.15) is 58.3 Å². The summed E-state index contributed by atoms with van der Waals surface area (Å²) in [6.45, 7) is 3.72. The smallest absolute Gasteiger partial charge is 0.311 e. The number of aromatic nitrogens is 2. The van der Waals surface area contributed by atoms with Gasteiger partial charge in [0.25, 0.3) is 5.91 Å². The van der Waals surface area contributed by atoms with E-state index >= 15 is 0 Å². The molecule has 0 radical (unpaired) electrons. The second-order valence-electron chi connectivity index (χ2n) is 5.91. The minimum Gasteiger partial charge on any atom is -0.481 e. The number of fused-ring (bicyclic) bond motifs is 1. The molecule has 0 spiro atoms. The summed E-state index contributed by atoms with van der Waals surface area (Å²) in [6, 6.07) is 7.04. The van der Waals surface area contributed by atoms with Gasteiger partial charge in [0.1, 0.15) is 5.82 Å². The van der Waals surface area contributed by atoms with E-state index in [0.717, 1.165) is 11.1 Å². The van der Waals surface area contributed by atoms with Gasteiger partial charge in [-0.1, -0.05) is 31.2 Å². The van der Waals surface area contributed by atoms with Gasteiger partial charge in [-0.25, -0.2) is 9.97 Å². The highest BCUT2D eigenvalue weighted by Gasteiger charge is 2.36. The minimum absolute atomic E-state index is 0.266. The highest BCUT2D eigenvalue weighted by atomic mass is 16.4. The van der Waals surface area contributed by atoms with Crippen molar-refractivity contribution in [2.75, 3.05) is 0 Å². The van der Waals surface area contributed by atoms with Crippen LogP contribution in [-0.4, -0.2) is 27.0 Å². The zero-order chi connectivity index (χ0) is 17.3. The van der Waals surface area contributed by atoms with E-state index in [2.05, 4.69) is 15.3 Å². The molecule has 1 aromatic heterocycles. The van der Waals surface area contributed by atoms with Gasteiger partial charge in [0.15, 0.2) is 0 Å². The lowest BCUT2D eigenvalue weighted by Gasteiger charge is -2.15. The maximum atomic E-state index is 12.6. The van der Waals surface area contributed by atoms with E-state index in [1.165, 1.54) is 6.20 Å². The van der Waals surface area contributed by atoms with Gasteiger partial charge in [0.2, 0.25) is 0 Å². The van der Waals surface area contributed by atoms with E-state index in [1.54, 1.807) is 6.92 Å². The predicted octanol–water partition coefficient (Wildman–Crippen LogP) is 2.39. The van der Waals surface area contributed by atoms with E-state index in [0.29, 0.717) is 29.9 Å². The van der Waals surface area contributed by atoms with Gasteiger partial charge in [-0.05, 0) is 30.9 Å². The fourth-order valence-corrected chi connectivity index (χ4v) is 3.22. The summed E-state index contributed by atoms with van der Waals surface area (Å²) >= 11 is 0. The molecule has 3 rings (SSSR count). The van der Waals surface area contributed by atoms with Crippen LogP contribution in [0.5, 0.6) is 0 Å². The van der Waals surface area contributed by atoms with Crippen molar-refractivity contribution in [1.82, 2.24) is 15.3 Å². The summed E-state index contributed by atoms with van der Waals surface area (Å²) in [6.07, 6.45) is 2.52. The number of hydrogen-bond donors (Lipinski definition) is 2. The van der Waals surface area contributed by atoms with Gasteiger partial charge in [-0.2, -0.15) is 0 Å². The van der Waals surface area contributed by atoms with Gasteiger partial charge in [-0.3, -0.25) is 9.59 Å². The number of carbonyl (C=O) groups is 2. The zero-order valence-electron chi connectivity index (χ0n) is 13.6. The zero-order valence-corrected chi connectivity index (χ0v) is 13.6. The van der Waals surface area contributed by atoms with Gasteiger partial charge in [-0.15, -0.1) is 0 Å². The summed E-state index contributed by atoms with van der Waals surface area (Å²) in [5, 5.41) is 12.4. The first-order valence-electron chi connectivity index (χ1n) is 7.96. The molecule has 0 bridgehead atoms. The van der Waals surface area contributed by atoms with E-state index in [4.69, 9.17) is 0 Å². The van der Waals surface area contributed by atoms with Crippen LogP contribution >= 0.6 is 0 Å². The van der Waals surface area contributed by atoms with Crippen LogP contribution in [0.25, 0.3) is 0 Å².